The maximum absolute atomic E-state index is 7.00. The molecule has 3 N–H and O–H groups in total. The standard InChI is InChI=1S/C13H19N5O2.CH4O/c1-19-6-2-3-9-4-5-10(20-9)18-8-17-11-12(14)15-7-16-13(11)18;1-2/h7-10H,2-6H2,1H3,(H2,14,15,16);2H,1H3. The molecule has 1 fully saturated rings. The monoisotopic (exact) mass is 309 g/mol. The largest absolute Gasteiger partial charge is 0.400 e. The second-order valence-electron chi connectivity index (χ2n) is 5.01. The van der Waals surface area contributed by atoms with Gasteiger partial charge in [0.15, 0.2) is 11.5 Å². The van der Waals surface area contributed by atoms with Gasteiger partial charge < -0.3 is 20.3 Å². The molecule has 0 saturated carbocycles. The first kappa shape index (κ1) is 16.6. The van der Waals surface area contributed by atoms with Crippen LogP contribution in [0.4, 0.5) is 5.82 Å². The van der Waals surface area contributed by atoms with E-state index in [0.717, 1.165) is 45.0 Å². The van der Waals surface area contributed by atoms with Gasteiger partial charge in [0.2, 0.25) is 0 Å². The second-order valence-corrected chi connectivity index (χ2v) is 5.01. The van der Waals surface area contributed by atoms with Crippen LogP contribution in [-0.4, -0.2) is 51.6 Å². The second kappa shape index (κ2) is 8.02. The van der Waals surface area contributed by atoms with Gasteiger partial charge in [-0.3, -0.25) is 4.57 Å². The van der Waals surface area contributed by atoms with Gasteiger partial charge in [-0.1, -0.05) is 0 Å². The molecule has 1 aliphatic heterocycles. The van der Waals surface area contributed by atoms with Crippen molar-refractivity contribution < 1.29 is 14.6 Å². The number of aliphatic hydroxyl groups excluding tert-OH is 1. The highest BCUT2D eigenvalue weighted by Gasteiger charge is 2.27. The molecular formula is C14H23N5O3. The van der Waals surface area contributed by atoms with Crippen LogP contribution in [0.2, 0.25) is 0 Å². The zero-order valence-corrected chi connectivity index (χ0v) is 13.0. The molecule has 0 amide bonds. The molecule has 0 radical (unpaired) electrons. The Morgan fingerprint density at radius 3 is 2.95 bits per heavy atom. The fourth-order valence-corrected chi connectivity index (χ4v) is 2.64. The predicted molar refractivity (Wildman–Crippen MR) is 82.1 cm³/mol. The highest BCUT2D eigenvalue weighted by Crippen LogP contribution is 2.32. The van der Waals surface area contributed by atoms with Crippen LogP contribution in [0.25, 0.3) is 11.2 Å². The lowest BCUT2D eigenvalue weighted by Crippen LogP contribution is -2.12. The Morgan fingerprint density at radius 1 is 1.36 bits per heavy atom. The third-order valence-corrected chi connectivity index (χ3v) is 3.66. The molecule has 8 heteroatoms. The van der Waals surface area contributed by atoms with E-state index in [2.05, 4.69) is 15.0 Å². The maximum atomic E-state index is 7.00. The van der Waals surface area contributed by atoms with Crippen molar-refractivity contribution in [1.29, 1.82) is 0 Å². The van der Waals surface area contributed by atoms with Crippen molar-refractivity contribution in [2.75, 3.05) is 26.6 Å². The van der Waals surface area contributed by atoms with Crippen molar-refractivity contribution in [1.82, 2.24) is 19.5 Å². The van der Waals surface area contributed by atoms with Crippen molar-refractivity contribution in [2.45, 2.75) is 38.0 Å². The minimum Gasteiger partial charge on any atom is -0.400 e. The summed E-state index contributed by atoms with van der Waals surface area (Å²) in [6, 6.07) is 0. The number of hydrogen-bond acceptors (Lipinski definition) is 7. The van der Waals surface area contributed by atoms with Gasteiger partial charge in [0, 0.05) is 20.8 Å². The van der Waals surface area contributed by atoms with Crippen molar-refractivity contribution in [3.05, 3.63) is 12.7 Å². The molecule has 22 heavy (non-hydrogen) atoms. The molecule has 122 valence electrons. The summed E-state index contributed by atoms with van der Waals surface area (Å²) in [4.78, 5) is 12.5. The molecule has 2 aromatic rings. The first-order valence-corrected chi connectivity index (χ1v) is 7.31. The van der Waals surface area contributed by atoms with E-state index in [0.29, 0.717) is 11.3 Å². The summed E-state index contributed by atoms with van der Waals surface area (Å²) in [5.74, 6) is 0.406. The molecule has 3 heterocycles. The van der Waals surface area contributed by atoms with Gasteiger partial charge in [0.05, 0.1) is 12.4 Å². The Balaban J connectivity index is 0.000000847. The van der Waals surface area contributed by atoms with Crippen LogP contribution in [-0.2, 0) is 9.47 Å². The topological polar surface area (TPSA) is 108 Å². The number of nitrogens with zero attached hydrogens (tertiary/aromatic N) is 4. The van der Waals surface area contributed by atoms with E-state index >= 15 is 0 Å². The quantitative estimate of drug-likeness (QED) is 0.797. The van der Waals surface area contributed by atoms with E-state index in [1.54, 1.807) is 13.4 Å². The number of hydrogen-bond donors (Lipinski definition) is 2. The summed E-state index contributed by atoms with van der Waals surface area (Å²) in [7, 11) is 2.72. The number of aromatic nitrogens is 4. The maximum Gasteiger partial charge on any atom is 0.167 e. The molecule has 0 aromatic carbocycles. The van der Waals surface area contributed by atoms with E-state index in [9.17, 15) is 0 Å². The van der Waals surface area contributed by atoms with Crippen LogP contribution >= 0.6 is 0 Å². The average Bonchev–Trinajstić information content (AvgIpc) is 3.17. The molecule has 0 aliphatic carbocycles. The van der Waals surface area contributed by atoms with E-state index in [1.807, 2.05) is 4.57 Å². The molecule has 8 nitrogen and oxygen atoms in total. The van der Waals surface area contributed by atoms with Gasteiger partial charge in [0.1, 0.15) is 18.1 Å². The number of methoxy groups -OCH3 is 1. The Hall–Kier alpha value is -1.77. The van der Waals surface area contributed by atoms with Gasteiger partial charge in [-0.05, 0) is 25.7 Å². The summed E-state index contributed by atoms with van der Waals surface area (Å²) >= 11 is 0. The number of nitrogens with two attached hydrogens (primary N) is 1. The van der Waals surface area contributed by atoms with Crippen LogP contribution in [0, 0.1) is 0 Å². The number of ether oxygens (including phenoxy) is 2. The molecule has 0 spiro atoms. The molecule has 1 aliphatic rings. The molecule has 1 saturated heterocycles. The van der Waals surface area contributed by atoms with Gasteiger partial charge in [-0.2, -0.15) is 0 Å². The smallest absolute Gasteiger partial charge is 0.167 e. The summed E-state index contributed by atoms with van der Waals surface area (Å²) in [6.07, 6.45) is 7.52. The minimum absolute atomic E-state index is 0.0122. The van der Waals surface area contributed by atoms with Gasteiger partial charge in [-0.15, -0.1) is 0 Å². The van der Waals surface area contributed by atoms with Crippen molar-refractivity contribution >= 4 is 17.0 Å². The number of rotatable bonds is 5. The fourth-order valence-electron chi connectivity index (χ4n) is 2.64. The third-order valence-electron chi connectivity index (χ3n) is 3.66. The van der Waals surface area contributed by atoms with Gasteiger partial charge in [0.25, 0.3) is 0 Å². The van der Waals surface area contributed by atoms with Crippen LogP contribution in [0.3, 0.4) is 0 Å². The van der Waals surface area contributed by atoms with E-state index < -0.39 is 0 Å². The minimum atomic E-state index is -0.0122. The summed E-state index contributed by atoms with van der Waals surface area (Å²) in [5, 5.41) is 7.00. The van der Waals surface area contributed by atoms with Crippen molar-refractivity contribution in [3.8, 4) is 0 Å². The van der Waals surface area contributed by atoms with Crippen LogP contribution in [0.15, 0.2) is 12.7 Å². The third kappa shape index (κ3) is 3.52. The van der Waals surface area contributed by atoms with E-state index in [-0.39, 0.29) is 12.3 Å². The fraction of sp³-hybridized carbons (Fsp3) is 0.643. The highest BCUT2D eigenvalue weighted by molar-refractivity contribution is 5.81. The van der Waals surface area contributed by atoms with Crippen molar-refractivity contribution in [3.63, 3.8) is 0 Å². The van der Waals surface area contributed by atoms with Gasteiger partial charge >= 0.3 is 0 Å². The van der Waals surface area contributed by atoms with Crippen LogP contribution in [0.1, 0.15) is 31.9 Å². The lowest BCUT2D eigenvalue weighted by Gasteiger charge is -2.15. The number of imidazole rings is 1. The molecular weight excluding hydrogens is 286 g/mol. The van der Waals surface area contributed by atoms with Crippen LogP contribution in [0.5, 0.6) is 0 Å². The summed E-state index contributed by atoms with van der Waals surface area (Å²) < 4.78 is 13.1. The predicted octanol–water partition coefficient (Wildman–Crippen LogP) is 1.12. The normalized spacial score (nSPS) is 20.9. The lowest BCUT2D eigenvalue weighted by molar-refractivity contribution is -0.00265. The Morgan fingerprint density at radius 2 is 2.18 bits per heavy atom. The average molecular weight is 309 g/mol. The zero-order valence-electron chi connectivity index (χ0n) is 13.0. The molecule has 2 aromatic heterocycles. The van der Waals surface area contributed by atoms with E-state index in [4.69, 9.17) is 20.3 Å². The molecule has 2 unspecified atom stereocenters. The molecule has 0 bridgehead atoms. The Labute approximate surface area is 129 Å². The summed E-state index contributed by atoms with van der Waals surface area (Å²) in [6.45, 7) is 0.780. The summed E-state index contributed by atoms with van der Waals surface area (Å²) in [5.41, 5.74) is 7.17. The first-order valence-electron chi connectivity index (χ1n) is 7.31. The van der Waals surface area contributed by atoms with E-state index in [1.165, 1.54) is 6.33 Å². The number of anilines is 1. The molecule has 3 rings (SSSR count). The SMILES string of the molecule is CO.COCCCC1CCC(n2cnc3c(N)ncnc32)O1. The van der Waals surface area contributed by atoms with Gasteiger partial charge in [-0.25, -0.2) is 15.0 Å². The molecule has 2 atom stereocenters. The number of nitrogen functional groups attached to an aromatic ring is 1. The van der Waals surface area contributed by atoms with Crippen molar-refractivity contribution in [2.24, 2.45) is 0 Å². The number of aliphatic hydroxyl groups is 1. The van der Waals surface area contributed by atoms with Crippen LogP contribution < -0.4 is 5.73 Å². The highest BCUT2D eigenvalue weighted by atomic mass is 16.5. The first-order chi connectivity index (χ1) is 10.8. The Bertz CT molecular complexity index is 589. The lowest BCUT2D eigenvalue weighted by atomic mass is 10.1. The zero-order chi connectivity index (χ0) is 15.9. The Kier molecular flexibility index (Phi) is 6.05. The number of fused-ring (bicyclic) bond motifs is 1.